The molecule has 3 rings (SSSR count). The number of hydrogen-bond donors (Lipinski definition) is 1. The Hall–Kier alpha value is -1.37. The molecule has 20 heavy (non-hydrogen) atoms. The molecular weight excluding hydrogens is 282 g/mol. The van der Waals surface area contributed by atoms with Gasteiger partial charge in [-0.25, -0.2) is 4.98 Å². The average molecular weight is 298 g/mol. The Balaban J connectivity index is 2.12. The maximum atomic E-state index is 10.1. The molecule has 108 valence electrons. The van der Waals surface area contributed by atoms with Gasteiger partial charge in [0.1, 0.15) is 16.9 Å². The molecule has 0 aliphatic carbocycles. The molecule has 3 heterocycles. The molecule has 0 bridgehead atoms. The molecule has 7 heteroatoms. The Bertz CT molecular complexity index is 630. The van der Waals surface area contributed by atoms with Crippen LogP contribution in [0.1, 0.15) is 19.6 Å². The number of ether oxygens (including phenoxy) is 1. The maximum absolute atomic E-state index is 10.1. The normalized spacial score (nSPS) is 16.9. The first-order valence-corrected chi connectivity index (χ1v) is 6.85. The fraction of sp³-hybridized carbons (Fsp3) is 0.538. The topological polar surface area (TPSA) is 71.6 Å². The Morgan fingerprint density at radius 2 is 2.00 bits per heavy atom. The second-order valence-electron chi connectivity index (χ2n) is 5.30. The molecular formula is C13H16ClN3O3. The number of hydrogen-bond acceptors (Lipinski definition) is 6. The van der Waals surface area contributed by atoms with E-state index in [-0.39, 0.29) is 5.28 Å². The van der Waals surface area contributed by atoms with Crippen molar-refractivity contribution in [1.82, 2.24) is 9.97 Å². The van der Waals surface area contributed by atoms with Crippen LogP contribution in [-0.2, 0) is 10.3 Å². The zero-order valence-corrected chi connectivity index (χ0v) is 12.1. The van der Waals surface area contributed by atoms with Crippen LogP contribution in [0.2, 0.25) is 5.28 Å². The van der Waals surface area contributed by atoms with Gasteiger partial charge in [-0.05, 0) is 25.4 Å². The third kappa shape index (κ3) is 2.46. The standard InChI is InChI=1S/C13H16ClN3O3/c1-13(2,18)9-7-8-10(20-9)11(16-12(14)15-8)17-3-5-19-6-4-17/h7,18H,3-6H2,1-2H3. The van der Waals surface area contributed by atoms with E-state index in [0.29, 0.717) is 35.9 Å². The summed E-state index contributed by atoms with van der Waals surface area (Å²) in [5.41, 5.74) is 0.0761. The fourth-order valence-electron chi connectivity index (χ4n) is 2.18. The lowest BCUT2D eigenvalue weighted by atomic mass is 10.1. The highest BCUT2D eigenvalue weighted by Gasteiger charge is 2.25. The van der Waals surface area contributed by atoms with Gasteiger partial charge in [-0.1, -0.05) is 0 Å². The first-order chi connectivity index (χ1) is 9.45. The molecule has 1 fully saturated rings. The maximum Gasteiger partial charge on any atom is 0.225 e. The van der Waals surface area contributed by atoms with Crippen molar-refractivity contribution in [3.63, 3.8) is 0 Å². The lowest BCUT2D eigenvalue weighted by Crippen LogP contribution is -2.36. The number of fused-ring (bicyclic) bond motifs is 1. The van der Waals surface area contributed by atoms with Gasteiger partial charge in [0.05, 0.1) is 13.2 Å². The zero-order chi connectivity index (χ0) is 14.3. The van der Waals surface area contributed by atoms with Gasteiger partial charge in [-0.2, -0.15) is 4.98 Å². The van der Waals surface area contributed by atoms with Gasteiger partial charge in [0.15, 0.2) is 11.4 Å². The van der Waals surface area contributed by atoms with E-state index in [4.69, 9.17) is 20.8 Å². The van der Waals surface area contributed by atoms with Crippen LogP contribution in [0.3, 0.4) is 0 Å². The van der Waals surface area contributed by atoms with Crippen molar-refractivity contribution in [2.75, 3.05) is 31.2 Å². The third-order valence-electron chi connectivity index (χ3n) is 3.24. The predicted octanol–water partition coefficient (Wildman–Crippen LogP) is 1.94. The van der Waals surface area contributed by atoms with E-state index in [1.165, 1.54) is 0 Å². The van der Waals surface area contributed by atoms with Crippen LogP contribution in [0.25, 0.3) is 11.1 Å². The van der Waals surface area contributed by atoms with E-state index in [2.05, 4.69) is 14.9 Å². The van der Waals surface area contributed by atoms with Crippen molar-refractivity contribution in [2.45, 2.75) is 19.4 Å². The van der Waals surface area contributed by atoms with Crippen LogP contribution in [0.4, 0.5) is 5.82 Å². The molecule has 2 aromatic rings. The molecule has 0 radical (unpaired) electrons. The molecule has 0 aromatic carbocycles. The average Bonchev–Trinajstić information content (AvgIpc) is 2.82. The molecule has 1 saturated heterocycles. The molecule has 0 unspecified atom stereocenters. The van der Waals surface area contributed by atoms with Gasteiger partial charge in [-0.15, -0.1) is 0 Å². The number of aliphatic hydroxyl groups is 1. The Morgan fingerprint density at radius 3 is 2.65 bits per heavy atom. The largest absolute Gasteiger partial charge is 0.452 e. The quantitative estimate of drug-likeness (QED) is 0.854. The van der Waals surface area contributed by atoms with Crippen molar-refractivity contribution in [3.05, 3.63) is 17.1 Å². The van der Waals surface area contributed by atoms with E-state index in [1.807, 2.05) is 0 Å². The molecule has 0 spiro atoms. The van der Waals surface area contributed by atoms with Gasteiger partial charge in [0, 0.05) is 19.2 Å². The number of nitrogens with zero attached hydrogens (tertiary/aromatic N) is 3. The number of halogens is 1. The number of aromatic nitrogens is 2. The molecule has 0 atom stereocenters. The van der Waals surface area contributed by atoms with Gasteiger partial charge < -0.3 is 19.2 Å². The summed E-state index contributed by atoms with van der Waals surface area (Å²) in [6, 6.07) is 1.70. The Labute approximate surface area is 121 Å². The van der Waals surface area contributed by atoms with E-state index in [9.17, 15) is 5.11 Å². The molecule has 0 amide bonds. The minimum Gasteiger partial charge on any atom is -0.452 e. The second-order valence-corrected chi connectivity index (χ2v) is 5.64. The van der Waals surface area contributed by atoms with Crippen LogP contribution in [0.5, 0.6) is 0 Å². The van der Waals surface area contributed by atoms with Crippen LogP contribution in [-0.4, -0.2) is 41.4 Å². The number of anilines is 1. The lowest BCUT2D eigenvalue weighted by molar-refractivity contribution is 0.0559. The van der Waals surface area contributed by atoms with Gasteiger partial charge in [-0.3, -0.25) is 0 Å². The highest BCUT2D eigenvalue weighted by Crippen LogP contribution is 2.32. The van der Waals surface area contributed by atoms with E-state index < -0.39 is 5.60 Å². The van der Waals surface area contributed by atoms with Crippen LogP contribution >= 0.6 is 11.6 Å². The summed E-state index contributed by atoms with van der Waals surface area (Å²) < 4.78 is 11.1. The summed E-state index contributed by atoms with van der Waals surface area (Å²) in [6.45, 7) is 6.05. The van der Waals surface area contributed by atoms with Crippen LogP contribution < -0.4 is 4.90 Å². The highest BCUT2D eigenvalue weighted by atomic mass is 35.5. The first-order valence-electron chi connectivity index (χ1n) is 6.48. The smallest absolute Gasteiger partial charge is 0.225 e. The molecule has 6 nitrogen and oxygen atoms in total. The number of furan rings is 1. The van der Waals surface area contributed by atoms with Gasteiger partial charge in [0.2, 0.25) is 5.28 Å². The van der Waals surface area contributed by atoms with Crippen LogP contribution in [0.15, 0.2) is 10.5 Å². The molecule has 2 aromatic heterocycles. The monoisotopic (exact) mass is 297 g/mol. The van der Waals surface area contributed by atoms with E-state index in [1.54, 1.807) is 19.9 Å². The Kier molecular flexibility index (Phi) is 3.32. The van der Waals surface area contributed by atoms with Crippen molar-refractivity contribution >= 4 is 28.5 Å². The minimum absolute atomic E-state index is 0.169. The van der Waals surface area contributed by atoms with Crippen molar-refractivity contribution < 1.29 is 14.3 Å². The predicted molar refractivity (Wildman–Crippen MR) is 75.1 cm³/mol. The molecule has 1 aliphatic rings. The molecule has 1 aliphatic heterocycles. The van der Waals surface area contributed by atoms with Crippen LogP contribution in [0, 0.1) is 0 Å². The summed E-state index contributed by atoms with van der Waals surface area (Å²) in [7, 11) is 0. The van der Waals surface area contributed by atoms with Gasteiger partial charge >= 0.3 is 0 Å². The molecule has 0 saturated carbocycles. The Morgan fingerprint density at radius 1 is 1.30 bits per heavy atom. The SMILES string of the molecule is CC(C)(O)c1cc2nc(Cl)nc(N3CCOCC3)c2o1. The minimum atomic E-state index is -1.07. The number of rotatable bonds is 2. The summed E-state index contributed by atoms with van der Waals surface area (Å²) >= 11 is 5.98. The molecule has 1 N–H and O–H groups in total. The second kappa shape index (κ2) is 4.87. The summed E-state index contributed by atoms with van der Waals surface area (Å²) in [4.78, 5) is 10.5. The van der Waals surface area contributed by atoms with E-state index >= 15 is 0 Å². The van der Waals surface area contributed by atoms with Crippen molar-refractivity contribution in [2.24, 2.45) is 0 Å². The summed E-state index contributed by atoms with van der Waals surface area (Å²) in [5, 5.41) is 10.2. The van der Waals surface area contributed by atoms with Crippen molar-refractivity contribution in [1.29, 1.82) is 0 Å². The highest BCUT2D eigenvalue weighted by molar-refractivity contribution is 6.28. The lowest BCUT2D eigenvalue weighted by Gasteiger charge is -2.27. The van der Waals surface area contributed by atoms with Crippen molar-refractivity contribution in [3.8, 4) is 0 Å². The summed E-state index contributed by atoms with van der Waals surface area (Å²) in [6.07, 6.45) is 0. The first kappa shape index (κ1) is 13.6. The summed E-state index contributed by atoms with van der Waals surface area (Å²) in [5.74, 6) is 1.09. The third-order valence-corrected chi connectivity index (χ3v) is 3.41. The van der Waals surface area contributed by atoms with E-state index in [0.717, 1.165) is 13.1 Å². The fourth-order valence-corrected chi connectivity index (χ4v) is 2.35. The zero-order valence-electron chi connectivity index (χ0n) is 11.4. The van der Waals surface area contributed by atoms with Gasteiger partial charge in [0.25, 0.3) is 0 Å². The number of morpholine rings is 1.